The van der Waals surface area contributed by atoms with E-state index in [9.17, 15) is 16.8 Å². The Hall–Kier alpha value is -0.680. The molecular weight excluding hydrogens is 370 g/mol. The monoisotopic (exact) mass is 385 g/mol. The fourth-order valence-electron chi connectivity index (χ4n) is 1.33. The first kappa shape index (κ1) is 17.4. The highest BCUT2D eigenvalue weighted by atomic mass is 79.9. The first-order valence-electron chi connectivity index (χ1n) is 5.44. The molecule has 7 nitrogen and oxygen atoms in total. The van der Waals surface area contributed by atoms with Gasteiger partial charge in [-0.25, -0.2) is 13.6 Å². The number of nitrogens with two attached hydrogens (primary N) is 1. The number of benzene rings is 1. The van der Waals surface area contributed by atoms with E-state index in [4.69, 9.17) is 5.14 Å². The van der Waals surface area contributed by atoms with Crippen molar-refractivity contribution in [3.05, 3.63) is 22.7 Å². The summed E-state index contributed by atoms with van der Waals surface area (Å²) in [6, 6.07) is 3.75. The minimum absolute atomic E-state index is 0.115. The Kier molecular flexibility index (Phi) is 4.87. The molecule has 1 aromatic carbocycles. The van der Waals surface area contributed by atoms with Crippen LogP contribution in [0.25, 0.3) is 0 Å². The van der Waals surface area contributed by atoms with Gasteiger partial charge in [-0.2, -0.15) is 13.1 Å². The Labute approximate surface area is 127 Å². The van der Waals surface area contributed by atoms with E-state index in [0.29, 0.717) is 0 Å². The summed E-state index contributed by atoms with van der Waals surface area (Å²) < 4.78 is 51.1. The van der Waals surface area contributed by atoms with Crippen molar-refractivity contribution in [2.45, 2.75) is 31.2 Å². The molecule has 0 aliphatic carbocycles. The van der Waals surface area contributed by atoms with Crippen molar-refractivity contribution in [1.82, 2.24) is 4.72 Å². The first-order chi connectivity index (χ1) is 8.80. The van der Waals surface area contributed by atoms with Gasteiger partial charge in [0.1, 0.15) is 0 Å². The van der Waals surface area contributed by atoms with Gasteiger partial charge in [0.25, 0.3) is 10.2 Å². The van der Waals surface area contributed by atoms with Crippen LogP contribution >= 0.6 is 15.9 Å². The smallest absolute Gasteiger partial charge is 0.270 e. The van der Waals surface area contributed by atoms with E-state index in [1.807, 2.05) is 0 Å². The number of hydrogen-bond acceptors (Lipinski definition) is 4. The third-order valence-corrected chi connectivity index (χ3v) is 4.89. The summed E-state index contributed by atoms with van der Waals surface area (Å²) in [5.74, 6) is 0. The number of nitrogens with one attached hydrogen (secondary N) is 2. The van der Waals surface area contributed by atoms with Crippen LogP contribution in [-0.4, -0.2) is 22.4 Å². The van der Waals surface area contributed by atoms with Crippen molar-refractivity contribution in [1.29, 1.82) is 0 Å². The van der Waals surface area contributed by atoms with Gasteiger partial charge in [0.05, 0.1) is 10.6 Å². The second-order valence-corrected chi connectivity index (χ2v) is 8.98. The molecule has 0 amide bonds. The van der Waals surface area contributed by atoms with Gasteiger partial charge in [0.2, 0.25) is 10.0 Å². The zero-order chi connectivity index (χ0) is 15.8. The Balaban J connectivity index is 3.07. The van der Waals surface area contributed by atoms with Crippen molar-refractivity contribution < 1.29 is 16.8 Å². The Morgan fingerprint density at radius 3 is 2.10 bits per heavy atom. The average Bonchev–Trinajstić information content (AvgIpc) is 2.15. The van der Waals surface area contributed by atoms with Crippen LogP contribution < -0.4 is 14.6 Å². The Bertz CT molecular complexity index is 709. The largest absolute Gasteiger partial charge is 0.299 e. The molecule has 0 heterocycles. The number of rotatable bonds is 4. The molecule has 0 saturated carbocycles. The average molecular weight is 386 g/mol. The van der Waals surface area contributed by atoms with Gasteiger partial charge in [-0.05, 0) is 54.9 Å². The summed E-state index contributed by atoms with van der Waals surface area (Å²) >= 11 is 3.10. The molecule has 4 N–H and O–H groups in total. The molecule has 0 aliphatic heterocycles. The predicted molar refractivity (Wildman–Crippen MR) is 80.9 cm³/mol. The van der Waals surface area contributed by atoms with E-state index in [-0.39, 0.29) is 15.1 Å². The van der Waals surface area contributed by atoms with Crippen LogP contribution in [0.3, 0.4) is 0 Å². The van der Waals surface area contributed by atoms with Gasteiger partial charge in [-0.15, -0.1) is 0 Å². The Morgan fingerprint density at radius 2 is 1.70 bits per heavy atom. The Morgan fingerprint density at radius 1 is 1.15 bits per heavy atom. The van der Waals surface area contributed by atoms with E-state index in [1.165, 1.54) is 18.2 Å². The standard InChI is InChI=1S/C10H16BrN3O4S2/c1-10(2,3)14-20(17,18)13-9-5-4-7(6-8(9)11)19(12,15)16/h4-6,13-14H,1-3H3,(H2,12,15,16). The van der Waals surface area contributed by atoms with Crippen molar-refractivity contribution >= 4 is 41.8 Å². The third kappa shape index (κ3) is 5.37. The maximum absolute atomic E-state index is 11.9. The summed E-state index contributed by atoms with van der Waals surface area (Å²) in [4.78, 5) is -0.115. The molecule has 0 unspecified atom stereocenters. The molecule has 1 aromatic rings. The maximum Gasteiger partial charge on any atom is 0.299 e. The molecule has 0 atom stereocenters. The predicted octanol–water partition coefficient (Wildman–Crippen LogP) is 1.14. The lowest BCUT2D eigenvalue weighted by atomic mass is 10.1. The van der Waals surface area contributed by atoms with Gasteiger partial charge in [-0.3, -0.25) is 4.72 Å². The van der Waals surface area contributed by atoms with Gasteiger partial charge in [-0.1, -0.05) is 0 Å². The topological polar surface area (TPSA) is 118 Å². The lowest BCUT2D eigenvalue weighted by molar-refractivity contribution is 0.494. The molecule has 0 spiro atoms. The van der Waals surface area contributed by atoms with Crippen LogP contribution in [0.4, 0.5) is 5.69 Å². The van der Waals surface area contributed by atoms with Gasteiger partial charge in [0, 0.05) is 10.0 Å². The second-order valence-electron chi connectivity index (χ2n) is 5.14. The van der Waals surface area contributed by atoms with Crippen LogP contribution in [0, 0.1) is 0 Å². The van der Waals surface area contributed by atoms with Crippen LogP contribution in [0.5, 0.6) is 0 Å². The summed E-state index contributed by atoms with van der Waals surface area (Å²) in [5.41, 5.74) is -0.437. The molecule has 0 fully saturated rings. The van der Waals surface area contributed by atoms with Crippen molar-refractivity contribution in [3.8, 4) is 0 Å². The summed E-state index contributed by atoms with van der Waals surface area (Å²) in [6.45, 7) is 5.10. The van der Waals surface area contributed by atoms with E-state index < -0.39 is 25.8 Å². The van der Waals surface area contributed by atoms with E-state index in [1.54, 1.807) is 20.8 Å². The quantitative estimate of drug-likeness (QED) is 0.719. The summed E-state index contributed by atoms with van der Waals surface area (Å²) in [7, 11) is -7.61. The number of halogens is 1. The second kappa shape index (κ2) is 5.60. The van der Waals surface area contributed by atoms with Crippen LogP contribution in [0.15, 0.2) is 27.6 Å². The SMILES string of the molecule is CC(C)(C)NS(=O)(=O)Nc1ccc(S(N)(=O)=O)cc1Br. The third-order valence-electron chi connectivity index (χ3n) is 1.95. The lowest BCUT2D eigenvalue weighted by Gasteiger charge is -2.21. The molecular formula is C10H16BrN3O4S2. The fraction of sp³-hybridized carbons (Fsp3) is 0.400. The number of sulfonamides is 1. The highest BCUT2D eigenvalue weighted by molar-refractivity contribution is 9.10. The first-order valence-corrected chi connectivity index (χ1v) is 9.26. The summed E-state index contributed by atoms with van der Waals surface area (Å²) in [6.07, 6.45) is 0. The summed E-state index contributed by atoms with van der Waals surface area (Å²) in [5, 5.41) is 4.99. The highest BCUT2D eigenvalue weighted by Gasteiger charge is 2.21. The zero-order valence-corrected chi connectivity index (χ0v) is 14.4. The van der Waals surface area contributed by atoms with Crippen molar-refractivity contribution in [2.75, 3.05) is 4.72 Å². The van der Waals surface area contributed by atoms with Crippen LogP contribution in [0.1, 0.15) is 20.8 Å². The molecule has 114 valence electrons. The maximum atomic E-state index is 11.9. The zero-order valence-electron chi connectivity index (χ0n) is 11.1. The number of anilines is 1. The van der Waals surface area contributed by atoms with Gasteiger partial charge >= 0.3 is 0 Å². The highest BCUT2D eigenvalue weighted by Crippen LogP contribution is 2.26. The molecule has 0 saturated heterocycles. The fourth-order valence-corrected chi connectivity index (χ4v) is 3.95. The molecule has 10 heteroatoms. The van der Waals surface area contributed by atoms with Crippen LogP contribution in [-0.2, 0) is 20.2 Å². The molecule has 1 rings (SSSR count). The lowest BCUT2D eigenvalue weighted by Crippen LogP contribution is -2.43. The molecule has 20 heavy (non-hydrogen) atoms. The van der Waals surface area contributed by atoms with E-state index >= 15 is 0 Å². The normalized spacial score (nSPS) is 13.2. The van der Waals surface area contributed by atoms with Gasteiger partial charge < -0.3 is 0 Å². The van der Waals surface area contributed by atoms with Gasteiger partial charge in [0.15, 0.2) is 0 Å². The number of primary sulfonamides is 1. The molecule has 0 radical (unpaired) electrons. The molecule has 0 bridgehead atoms. The van der Waals surface area contributed by atoms with Crippen LogP contribution in [0.2, 0.25) is 0 Å². The van der Waals surface area contributed by atoms with E-state index in [0.717, 1.165) is 0 Å². The molecule has 0 aromatic heterocycles. The number of hydrogen-bond donors (Lipinski definition) is 3. The minimum Gasteiger partial charge on any atom is -0.270 e. The van der Waals surface area contributed by atoms with E-state index in [2.05, 4.69) is 25.4 Å². The minimum atomic E-state index is -3.84. The van der Waals surface area contributed by atoms with Crippen molar-refractivity contribution in [2.24, 2.45) is 5.14 Å². The van der Waals surface area contributed by atoms with Crippen molar-refractivity contribution in [3.63, 3.8) is 0 Å². The molecule has 0 aliphatic rings.